The van der Waals surface area contributed by atoms with Crippen molar-refractivity contribution in [2.24, 2.45) is 0 Å². The van der Waals surface area contributed by atoms with E-state index in [1.807, 2.05) is 0 Å². The Morgan fingerprint density at radius 1 is 1.45 bits per heavy atom. The minimum Gasteiger partial charge on any atom is -0.374 e. The van der Waals surface area contributed by atoms with E-state index in [1.54, 1.807) is 11.7 Å². The van der Waals surface area contributed by atoms with Gasteiger partial charge in [0.2, 0.25) is 0 Å². The normalized spacial score (nSPS) is 10.2. The van der Waals surface area contributed by atoms with Crippen LogP contribution in [0.5, 0.6) is 0 Å². The molecular weight excluding hydrogens is 180 g/mol. The predicted octanol–water partition coefficient (Wildman–Crippen LogP) is 1.24. The molecule has 0 aliphatic heterocycles. The highest BCUT2D eigenvalue weighted by Crippen LogP contribution is 2.21. The Morgan fingerprint density at radius 3 is 2.91 bits per heavy atom. The smallest absolute Gasteiger partial charge is 0.200 e. The third-order valence-corrected chi connectivity index (χ3v) is 2.41. The highest BCUT2D eigenvalue weighted by molar-refractivity contribution is 7.13. The fourth-order valence-electron chi connectivity index (χ4n) is 0.661. The van der Waals surface area contributed by atoms with E-state index < -0.39 is 0 Å². The van der Waals surface area contributed by atoms with E-state index in [2.05, 4.69) is 14.3 Å². The van der Waals surface area contributed by atoms with Crippen molar-refractivity contribution >= 4 is 28.0 Å². The van der Waals surface area contributed by atoms with Gasteiger partial charge in [0.15, 0.2) is 11.0 Å². The Kier molecular flexibility index (Phi) is 1.55. The summed E-state index contributed by atoms with van der Waals surface area (Å²) in [6, 6.07) is 0. The Bertz CT molecular complexity index is 339. The number of aromatic nitrogens is 3. The van der Waals surface area contributed by atoms with E-state index in [9.17, 15) is 0 Å². The van der Waals surface area contributed by atoms with Crippen LogP contribution in [0, 0.1) is 0 Å². The molecule has 0 unspecified atom stereocenters. The largest absolute Gasteiger partial charge is 0.374 e. The molecule has 0 bridgehead atoms. The van der Waals surface area contributed by atoms with E-state index in [-0.39, 0.29) is 0 Å². The number of hydrogen-bond donors (Lipinski definition) is 1. The van der Waals surface area contributed by atoms with Crippen molar-refractivity contribution in [3.8, 4) is 10.7 Å². The molecule has 2 rings (SSSR count). The van der Waals surface area contributed by atoms with Gasteiger partial charge >= 0.3 is 0 Å². The molecule has 2 aromatic rings. The van der Waals surface area contributed by atoms with Crippen molar-refractivity contribution in [3.05, 3.63) is 11.7 Å². The fraction of sp³-hybridized carbons (Fsp3) is 0. The molecule has 0 saturated heterocycles. The van der Waals surface area contributed by atoms with Gasteiger partial charge in [0.1, 0.15) is 0 Å². The van der Waals surface area contributed by atoms with Gasteiger partial charge < -0.3 is 5.73 Å². The quantitative estimate of drug-likeness (QED) is 0.724. The third kappa shape index (κ3) is 1.22. The highest BCUT2D eigenvalue weighted by Gasteiger charge is 2.04. The molecule has 0 aliphatic carbocycles. The standard InChI is InChI=1S/C5H4N4S2/c6-5-8-4(9-11-5)3-1-7-2-10-3/h1-2H,(H2,6,8,9). The summed E-state index contributed by atoms with van der Waals surface area (Å²) >= 11 is 2.70. The molecule has 0 aromatic carbocycles. The van der Waals surface area contributed by atoms with E-state index in [1.165, 1.54) is 22.9 Å². The number of nitrogens with two attached hydrogens (primary N) is 1. The Morgan fingerprint density at radius 2 is 2.36 bits per heavy atom. The van der Waals surface area contributed by atoms with Crippen molar-refractivity contribution in [1.29, 1.82) is 0 Å². The molecule has 0 spiro atoms. The van der Waals surface area contributed by atoms with Crippen LogP contribution < -0.4 is 5.73 Å². The van der Waals surface area contributed by atoms with Crippen LogP contribution in [-0.2, 0) is 0 Å². The average molecular weight is 184 g/mol. The summed E-state index contributed by atoms with van der Waals surface area (Å²) in [7, 11) is 0. The van der Waals surface area contributed by atoms with E-state index in [0.29, 0.717) is 11.0 Å². The highest BCUT2D eigenvalue weighted by atomic mass is 32.1. The van der Waals surface area contributed by atoms with Gasteiger partial charge in [0.25, 0.3) is 0 Å². The minimum atomic E-state index is 0.494. The van der Waals surface area contributed by atoms with Gasteiger partial charge in [-0.25, -0.2) is 0 Å². The van der Waals surface area contributed by atoms with Crippen LogP contribution >= 0.6 is 22.9 Å². The van der Waals surface area contributed by atoms with Gasteiger partial charge in [-0.15, -0.1) is 11.3 Å². The second kappa shape index (κ2) is 2.55. The van der Waals surface area contributed by atoms with Gasteiger partial charge in [-0.05, 0) is 0 Å². The summed E-state index contributed by atoms with van der Waals surface area (Å²) < 4.78 is 4.03. The van der Waals surface area contributed by atoms with Crippen LogP contribution in [0.4, 0.5) is 5.13 Å². The third-order valence-electron chi connectivity index (χ3n) is 1.09. The van der Waals surface area contributed by atoms with Gasteiger partial charge in [-0.2, -0.15) is 9.36 Å². The lowest BCUT2D eigenvalue weighted by molar-refractivity contribution is 1.33. The first-order chi connectivity index (χ1) is 5.36. The van der Waals surface area contributed by atoms with Crippen LogP contribution in [0.2, 0.25) is 0 Å². The SMILES string of the molecule is Nc1nc(-c2cncs2)ns1. The van der Waals surface area contributed by atoms with Gasteiger partial charge in [-0.1, -0.05) is 0 Å². The second-order valence-electron chi connectivity index (χ2n) is 1.82. The summed E-state index contributed by atoms with van der Waals surface area (Å²) in [5.41, 5.74) is 7.16. The summed E-state index contributed by atoms with van der Waals surface area (Å²) in [5.74, 6) is 0.676. The number of thiazole rings is 1. The van der Waals surface area contributed by atoms with Gasteiger partial charge in [-0.3, -0.25) is 4.98 Å². The molecule has 0 amide bonds. The lowest BCUT2D eigenvalue weighted by atomic mass is 10.5. The zero-order valence-electron chi connectivity index (χ0n) is 5.39. The Hall–Kier alpha value is -1.01. The summed E-state index contributed by atoms with van der Waals surface area (Å²) in [6.45, 7) is 0. The summed E-state index contributed by atoms with van der Waals surface area (Å²) in [4.78, 5) is 8.88. The molecule has 0 atom stereocenters. The number of anilines is 1. The molecule has 0 aliphatic rings. The van der Waals surface area contributed by atoms with E-state index in [0.717, 1.165) is 4.88 Å². The molecule has 0 saturated carbocycles. The maximum Gasteiger partial charge on any atom is 0.200 e. The molecule has 11 heavy (non-hydrogen) atoms. The Labute approximate surface area is 70.9 Å². The van der Waals surface area contributed by atoms with Gasteiger partial charge in [0.05, 0.1) is 10.4 Å². The average Bonchev–Trinajstić information content (AvgIpc) is 2.55. The van der Waals surface area contributed by atoms with Crippen LogP contribution in [0.1, 0.15) is 0 Å². The molecule has 6 heteroatoms. The number of hydrogen-bond acceptors (Lipinski definition) is 6. The van der Waals surface area contributed by atoms with Crippen molar-refractivity contribution in [2.75, 3.05) is 5.73 Å². The molecule has 0 fully saturated rings. The molecule has 2 aromatic heterocycles. The number of nitrogen functional groups attached to an aromatic ring is 1. The lowest BCUT2D eigenvalue weighted by Gasteiger charge is -1.81. The monoisotopic (exact) mass is 184 g/mol. The Balaban J connectivity index is 2.45. The molecular formula is C5H4N4S2. The molecule has 0 radical (unpaired) electrons. The van der Waals surface area contributed by atoms with Crippen molar-refractivity contribution in [1.82, 2.24) is 14.3 Å². The van der Waals surface area contributed by atoms with Crippen molar-refractivity contribution in [2.45, 2.75) is 0 Å². The van der Waals surface area contributed by atoms with Crippen LogP contribution in [0.25, 0.3) is 10.7 Å². The zero-order valence-corrected chi connectivity index (χ0v) is 7.02. The molecule has 4 nitrogen and oxygen atoms in total. The molecule has 2 N–H and O–H groups in total. The zero-order chi connectivity index (χ0) is 7.68. The van der Waals surface area contributed by atoms with Crippen LogP contribution in [0.3, 0.4) is 0 Å². The first-order valence-electron chi connectivity index (χ1n) is 2.84. The topological polar surface area (TPSA) is 64.7 Å². The maximum absolute atomic E-state index is 5.41. The first-order valence-corrected chi connectivity index (χ1v) is 4.49. The van der Waals surface area contributed by atoms with E-state index >= 15 is 0 Å². The lowest BCUT2D eigenvalue weighted by Crippen LogP contribution is -1.81. The number of nitrogens with zero attached hydrogens (tertiary/aromatic N) is 3. The molecule has 56 valence electrons. The second-order valence-corrected chi connectivity index (χ2v) is 3.49. The van der Waals surface area contributed by atoms with Crippen molar-refractivity contribution < 1.29 is 0 Å². The number of rotatable bonds is 1. The summed E-state index contributed by atoms with van der Waals surface area (Å²) in [6.07, 6.45) is 1.73. The van der Waals surface area contributed by atoms with Crippen LogP contribution in [0.15, 0.2) is 11.7 Å². The van der Waals surface area contributed by atoms with Crippen LogP contribution in [-0.4, -0.2) is 14.3 Å². The fourth-order valence-corrected chi connectivity index (χ4v) is 1.72. The maximum atomic E-state index is 5.41. The molecule has 2 heterocycles. The first kappa shape index (κ1) is 6.68. The summed E-state index contributed by atoms with van der Waals surface area (Å²) in [5, 5.41) is 0.494. The van der Waals surface area contributed by atoms with Crippen molar-refractivity contribution in [3.63, 3.8) is 0 Å². The minimum absolute atomic E-state index is 0.494. The predicted molar refractivity (Wildman–Crippen MR) is 45.4 cm³/mol. The van der Waals surface area contributed by atoms with Gasteiger partial charge in [0, 0.05) is 17.7 Å². The van der Waals surface area contributed by atoms with E-state index in [4.69, 9.17) is 5.73 Å².